The normalized spacial score (nSPS) is 21.4. The standard InChI is InChI=1S/C58H50N2S/c1-37-16-10-12-22-46(37)50-35-45(26-25-38(50)2)57-59-55(42-20-8-5-9-21-42)39(3)56(60-57)58-33-15-14-24-54(58)61-53-32-29-44(36-52(53)58)43-28-31-49-48(40-17-6-4-7-18-40)30-27-41-19-11-13-23-47(41)51(49)34-43/h4-9,11-15,17-26,28-29,31-32,34-36,48,56H,10,16,27,30,33H2,1-3H3,(H,59,60). The maximum absolute atomic E-state index is 5.86. The van der Waals surface area contributed by atoms with Crippen molar-refractivity contribution in [1.29, 1.82) is 0 Å². The first kappa shape index (κ1) is 37.8. The van der Waals surface area contributed by atoms with Gasteiger partial charge >= 0.3 is 0 Å². The number of hydrogen-bond donors (Lipinski definition) is 1. The minimum atomic E-state index is -0.350. The molecule has 298 valence electrons. The Morgan fingerprint density at radius 2 is 1.43 bits per heavy atom. The number of rotatable bonds is 6. The van der Waals surface area contributed by atoms with Gasteiger partial charge in [-0.05, 0) is 149 Å². The van der Waals surface area contributed by atoms with E-state index in [2.05, 4.69) is 196 Å². The van der Waals surface area contributed by atoms with E-state index in [1.165, 1.54) is 87.7 Å². The number of nitrogens with zero attached hydrogens (tertiary/aromatic N) is 1. The molecule has 0 fully saturated rings. The molecule has 3 unspecified atom stereocenters. The van der Waals surface area contributed by atoms with Crippen molar-refractivity contribution in [3.05, 3.63) is 230 Å². The minimum Gasteiger partial charge on any atom is -0.340 e. The summed E-state index contributed by atoms with van der Waals surface area (Å²) in [6.07, 6.45) is 16.9. The molecule has 0 radical (unpaired) electrons. The van der Waals surface area contributed by atoms with Gasteiger partial charge in [0.2, 0.25) is 0 Å². The van der Waals surface area contributed by atoms with Crippen LogP contribution in [0.4, 0.5) is 0 Å². The Morgan fingerprint density at radius 3 is 2.28 bits per heavy atom. The number of hydrogen-bond acceptors (Lipinski definition) is 3. The van der Waals surface area contributed by atoms with E-state index in [1.807, 2.05) is 11.8 Å². The number of nitrogens with one attached hydrogen (secondary N) is 1. The van der Waals surface area contributed by atoms with E-state index in [9.17, 15) is 0 Å². The molecule has 2 nitrogen and oxygen atoms in total. The first-order valence-electron chi connectivity index (χ1n) is 22.0. The molecule has 0 amide bonds. The Hall–Kier alpha value is -6.16. The SMILES string of the molecule is CC1=C(c2cc(C3=NC(C45CC=CC=C4Sc4ccc(-c6ccc7c(c6)-c6ccccc6CCC7c6ccccc6)cc45)C(C)=C(c4ccccc4)N3)ccc2C)C=CCC1. The third-order valence-electron chi connectivity index (χ3n) is 14.0. The zero-order valence-corrected chi connectivity index (χ0v) is 36.0. The highest BCUT2D eigenvalue weighted by atomic mass is 32.2. The number of amidine groups is 1. The topological polar surface area (TPSA) is 24.4 Å². The van der Waals surface area contributed by atoms with E-state index in [0.29, 0.717) is 5.92 Å². The van der Waals surface area contributed by atoms with E-state index >= 15 is 0 Å². The highest BCUT2D eigenvalue weighted by molar-refractivity contribution is 8.03. The minimum absolute atomic E-state index is 0.120. The van der Waals surface area contributed by atoms with Crippen LogP contribution < -0.4 is 5.32 Å². The van der Waals surface area contributed by atoms with E-state index in [-0.39, 0.29) is 11.5 Å². The van der Waals surface area contributed by atoms with Gasteiger partial charge in [0.15, 0.2) is 0 Å². The fourth-order valence-corrected chi connectivity index (χ4v) is 12.1. The van der Waals surface area contributed by atoms with E-state index in [1.54, 1.807) is 0 Å². The summed E-state index contributed by atoms with van der Waals surface area (Å²) in [4.78, 5) is 8.57. The monoisotopic (exact) mass is 806 g/mol. The van der Waals surface area contributed by atoms with Crippen LogP contribution in [0.3, 0.4) is 0 Å². The number of aryl methyl sites for hydroxylation is 2. The van der Waals surface area contributed by atoms with Crippen LogP contribution in [-0.2, 0) is 11.8 Å². The van der Waals surface area contributed by atoms with Crippen molar-refractivity contribution in [3.8, 4) is 22.3 Å². The van der Waals surface area contributed by atoms with Crippen molar-refractivity contribution in [2.24, 2.45) is 4.99 Å². The lowest BCUT2D eigenvalue weighted by Crippen LogP contribution is -2.44. The average molecular weight is 807 g/mol. The maximum atomic E-state index is 5.86. The molecule has 2 heterocycles. The summed E-state index contributed by atoms with van der Waals surface area (Å²) in [6.45, 7) is 6.83. The molecule has 6 aromatic rings. The number of allylic oxidation sites excluding steroid dienone is 7. The number of benzene rings is 6. The van der Waals surface area contributed by atoms with Crippen LogP contribution in [0.2, 0.25) is 0 Å². The predicted molar refractivity (Wildman–Crippen MR) is 258 cm³/mol. The van der Waals surface area contributed by atoms with E-state index in [0.717, 1.165) is 49.2 Å². The number of fused-ring (bicyclic) bond motifs is 6. The van der Waals surface area contributed by atoms with Crippen LogP contribution >= 0.6 is 11.8 Å². The van der Waals surface area contributed by atoms with Gasteiger partial charge in [-0.3, -0.25) is 4.99 Å². The fourth-order valence-electron chi connectivity index (χ4n) is 10.7. The van der Waals surface area contributed by atoms with Crippen molar-refractivity contribution in [1.82, 2.24) is 5.32 Å². The summed E-state index contributed by atoms with van der Waals surface area (Å²) in [5.41, 5.74) is 20.6. The van der Waals surface area contributed by atoms with E-state index in [4.69, 9.17) is 4.99 Å². The molecule has 6 aromatic carbocycles. The molecule has 3 aliphatic carbocycles. The summed E-state index contributed by atoms with van der Waals surface area (Å²) in [7, 11) is 0. The van der Waals surface area contributed by atoms with Gasteiger partial charge < -0.3 is 5.32 Å². The summed E-state index contributed by atoms with van der Waals surface area (Å²) >= 11 is 1.93. The van der Waals surface area contributed by atoms with Crippen molar-refractivity contribution in [2.75, 3.05) is 0 Å². The summed E-state index contributed by atoms with van der Waals surface area (Å²) in [5.74, 6) is 1.29. The Bertz CT molecular complexity index is 2920. The van der Waals surface area contributed by atoms with Crippen LogP contribution in [0, 0.1) is 6.92 Å². The number of aliphatic imine (C=N–C) groups is 1. The molecule has 2 aliphatic heterocycles. The predicted octanol–water partition coefficient (Wildman–Crippen LogP) is 14.6. The smallest absolute Gasteiger partial charge is 0.133 e. The fraction of sp³-hybridized carbons (Fsp3) is 0.190. The van der Waals surface area contributed by atoms with Crippen molar-refractivity contribution < 1.29 is 0 Å². The van der Waals surface area contributed by atoms with Crippen LogP contribution in [0.5, 0.6) is 0 Å². The van der Waals surface area contributed by atoms with Crippen LogP contribution in [-0.4, -0.2) is 11.9 Å². The second kappa shape index (κ2) is 15.4. The highest BCUT2D eigenvalue weighted by Gasteiger charge is 2.52. The largest absolute Gasteiger partial charge is 0.340 e. The molecular formula is C58H50N2S. The molecule has 0 spiro atoms. The summed E-state index contributed by atoms with van der Waals surface area (Å²) in [5, 5.41) is 3.91. The maximum Gasteiger partial charge on any atom is 0.133 e. The molecule has 0 saturated carbocycles. The van der Waals surface area contributed by atoms with Crippen LogP contribution in [0.15, 0.2) is 196 Å². The summed E-state index contributed by atoms with van der Waals surface area (Å²) in [6, 6.07) is 52.4. The summed E-state index contributed by atoms with van der Waals surface area (Å²) < 4.78 is 0. The third kappa shape index (κ3) is 6.44. The molecule has 3 atom stereocenters. The first-order valence-corrected chi connectivity index (χ1v) is 22.8. The Kier molecular flexibility index (Phi) is 9.54. The Balaban J connectivity index is 1.07. The molecule has 5 aliphatic rings. The van der Waals surface area contributed by atoms with Gasteiger partial charge in [-0.15, -0.1) is 0 Å². The van der Waals surface area contributed by atoms with Crippen LogP contribution in [0.1, 0.15) is 90.0 Å². The zero-order valence-electron chi connectivity index (χ0n) is 35.2. The van der Waals surface area contributed by atoms with Crippen LogP contribution in [0.25, 0.3) is 33.5 Å². The van der Waals surface area contributed by atoms with Gasteiger partial charge in [0.05, 0.1) is 11.5 Å². The molecular weight excluding hydrogens is 757 g/mol. The van der Waals surface area contributed by atoms with Gasteiger partial charge in [0, 0.05) is 27.0 Å². The van der Waals surface area contributed by atoms with Gasteiger partial charge in [0.25, 0.3) is 0 Å². The molecule has 3 heteroatoms. The quantitative estimate of drug-likeness (QED) is 0.181. The van der Waals surface area contributed by atoms with E-state index < -0.39 is 0 Å². The second-order valence-electron chi connectivity index (χ2n) is 17.5. The van der Waals surface area contributed by atoms with Gasteiger partial charge in [-0.2, -0.15) is 0 Å². The first-order chi connectivity index (χ1) is 30.0. The van der Waals surface area contributed by atoms with Gasteiger partial charge in [-0.25, -0.2) is 0 Å². The van der Waals surface area contributed by atoms with Crippen molar-refractivity contribution >= 4 is 28.9 Å². The lowest BCUT2D eigenvalue weighted by Gasteiger charge is -2.41. The third-order valence-corrected chi connectivity index (χ3v) is 15.3. The van der Waals surface area contributed by atoms with Crippen molar-refractivity contribution in [2.45, 2.75) is 75.1 Å². The molecule has 0 bridgehead atoms. The molecule has 0 saturated heterocycles. The lowest BCUT2D eigenvalue weighted by molar-refractivity contribution is 0.454. The number of thioether (sulfide) groups is 1. The second-order valence-corrected chi connectivity index (χ2v) is 18.6. The molecule has 61 heavy (non-hydrogen) atoms. The van der Waals surface area contributed by atoms with Crippen molar-refractivity contribution in [3.63, 3.8) is 0 Å². The highest BCUT2D eigenvalue weighted by Crippen LogP contribution is 2.60. The van der Waals surface area contributed by atoms with Gasteiger partial charge in [0.1, 0.15) is 5.84 Å². The Labute approximate surface area is 365 Å². The van der Waals surface area contributed by atoms with Gasteiger partial charge in [-0.1, -0.05) is 163 Å². The molecule has 0 aromatic heterocycles. The molecule has 1 N–H and O–H groups in total. The lowest BCUT2D eigenvalue weighted by atomic mass is 9.67. The average Bonchev–Trinajstić information content (AvgIpc) is 3.55. The molecule has 11 rings (SSSR count). The zero-order chi connectivity index (χ0) is 41.1. The Morgan fingerprint density at radius 1 is 0.672 bits per heavy atom.